The van der Waals surface area contributed by atoms with E-state index in [2.05, 4.69) is 4.72 Å². The van der Waals surface area contributed by atoms with E-state index in [1.165, 1.54) is 18.4 Å². The zero-order chi connectivity index (χ0) is 18.5. The summed E-state index contributed by atoms with van der Waals surface area (Å²) in [6, 6.07) is 4.03. The molecule has 1 aromatic carbocycles. The van der Waals surface area contributed by atoms with Crippen molar-refractivity contribution >= 4 is 20.0 Å². The molecule has 0 aromatic heterocycles. The Bertz CT molecular complexity index is 901. The van der Waals surface area contributed by atoms with Gasteiger partial charge in [-0.25, -0.2) is 21.6 Å². The van der Waals surface area contributed by atoms with Gasteiger partial charge in [-0.05, 0) is 37.8 Å². The molecule has 0 amide bonds. The van der Waals surface area contributed by atoms with Crippen molar-refractivity contribution in [3.63, 3.8) is 0 Å². The molecule has 0 aliphatic carbocycles. The van der Waals surface area contributed by atoms with E-state index in [9.17, 15) is 16.8 Å². The fourth-order valence-electron chi connectivity index (χ4n) is 4.25. The van der Waals surface area contributed by atoms with Crippen LogP contribution in [0.25, 0.3) is 0 Å². The van der Waals surface area contributed by atoms with Crippen LogP contribution in [0.1, 0.15) is 25.7 Å². The van der Waals surface area contributed by atoms with E-state index in [4.69, 9.17) is 9.47 Å². The lowest BCUT2D eigenvalue weighted by atomic mass is 10.0. The lowest BCUT2D eigenvalue weighted by molar-refractivity contribution is 0.171. The Labute approximate surface area is 153 Å². The number of nitrogens with one attached hydrogen (secondary N) is 1. The van der Waals surface area contributed by atoms with Crippen LogP contribution in [0, 0.1) is 0 Å². The van der Waals surface area contributed by atoms with Crippen LogP contribution in [0.3, 0.4) is 0 Å². The van der Waals surface area contributed by atoms with E-state index in [0.29, 0.717) is 37.6 Å². The minimum Gasteiger partial charge on any atom is -0.486 e. The molecule has 1 N–H and O–H groups in total. The molecular formula is C16H22N2O6S2. The van der Waals surface area contributed by atoms with Gasteiger partial charge in [0.05, 0.1) is 11.2 Å². The minimum atomic E-state index is -3.72. The molecule has 1 aromatic rings. The molecule has 2 bridgehead atoms. The number of fused-ring (bicyclic) bond motifs is 3. The highest BCUT2D eigenvalue weighted by Crippen LogP contribution is 2.38. The predicted octanol–water partition coefficient (Wildman–Crippen LogP) is 0.691. The zero-order valence-electron chi connectivity index (χ0n) is 14.4. The van der Waals surface area contributed by atoms with Crippen molar-refractivity contribution in [3.8, 4) is 11.5 Å². The fraction of sp³-hybridized carbons (Fsp3) is 0.625. The Hall–Kier alpha value is -1.36. The summed E-state index contributed by atoms with van der Waals surface area (Å²) >= 11 is 0. The molecule has 3 heterocycles. The normalized spacial score (nSPS) is 28.9. The predicted molar refractivity (Wildman–Crippen MR) is 94.3 cm³/mol. The van der Waals surface area contributed by atoms with Crippen molar-refractivity contribution in [3.05, 3.63) is 18.2 Å². The first-order chi connectivity index (χ1) is 12.2. The van der Waals surface area contributed by atoms with Crippen LogP contribution in [0.15, 0.2) is 23.1 Å². The second kappa shape index (κ2) is 6.36. The lowest BCUT2D eigenvalue weighted by Gasteiger charge is -2.37. The zero-order valence-corrected chi connectivity index (χ0v) is 16.1. The maximum Gasteiger partial charge on any atom is 0.240 e. The summed E-state index contributed by atoms with van der Waals surface area (Å²) in [7, 11) is -6.98. The van der Waals surface area contributed by atoms with Crippen LogP contribution in [-0.2, 0) is 20.0 Å². The Morgan fingerprint density at radius 3 is 2.23 bits per heavy atom. The SMILES string of the molecule is CS(=O)(=O)N1C2CCC1CC(NS(=O)(=O)c1ccc3c(c1)OCCO3)C2. The quantitative estimate of drug-likeness (QED) is 0.795. The third-order valence-electron chi connectivity index (χ3n) is 5.19. The number of benzene rings is 1. The smallest absolute Gasteiger partial charge is 0.240 e. The third kappa shape index (κ3) is 3.30. The maximum atomic E-state index is 12.8. The summed E-state index contributed by atoms with van der Waals surface area (Å²) in [5, 5.41) is 0. The third-order valence-corrected chi connectivity index (χ3v) is 8.08. The monoisotopic (exact) mass is 402 g/mol. The number of nitrogens with zero attached hydrogens (tertiary/aromatic N) is 1. The number of piperidine rings is 1. The summed E-state index contributed by atoms with van der Waals surface area (Å²) < 4.78 is 64.6. The van der Waals surface area contributed by atoms with Crippen molar-refractivity contribution in [1.82, 2.24) is 9.03 Å². The molecule has 3 aliphatic rings. The van der Waals surface area contributed by atoms with Gasteiger partial charge in [-0.3, -0.25) is 0 Å². The average molecular weight is 402 g/mol. The molecule has 4 rings (SSSR count). The number of rotatable bonds is 4. The Morgan fingerprint density at radius 1 is 1.00 bits per heavy atom. The van der Waals surface area contributed by atoms with Gasteiger partial charge in [-0.2, -0.15) is 4.31 Å². The molecule has 8 nitrogen and oxygen atoms in total. The van der Waals surface area contributed by atoms with Gasteiger partial charge in [-0.15, -0.1) is 0 Å². The van der Waals surface area contributed by atoms with Crippen LogP contribution in [0.4, 0.5) is 0 Å². The van der Waals surface area contributed by atoms with E-state index in [-0.39, 0.29) is 23.0 Å². The van der Waals surface area contributed by atoms with Crippen molar-refractivity contribution in [1.29, 1.82) is 0 Å². The average Bonchev–Trinajstić information content (AvgIpc) is 2.86. The largest absolute Gasteiger partial charge is 0.486 e. The molecule has 0 saturated carbocycles. The maximum absolute atomic E-state index is 12.8. The van der Waals surface area contributed by atoms with E-state index >= 15 is 0 Å². The molecule has 2 fully saturated rings. The molecule has 2 unspecified atom stereocenters. The molecule has 26 heavy (non-hydrogen) atoms. The molecule has 0 radical (unpaired) electrons. The van der Waals surface area contributed by atoms with Gasteiger partial charge in [-0.1, -0.05) is 0 Å². The highest BCUT2D eigenvalue weighted by molar-refractivity contribution is 7.89. The summed E-state index contributed by atoms with van der Waals surface area (Å²) in [5.74, 6) is 0.959. The van der Waals surface area contributed by atoms with E-state index in [1.807, 2.05) is 0 Å². The van der Waals surface area contributed by atoms with Gasteiger partial charge >= 0.3 is 0 Å². The molecule has 3 aliphatic heterocycles. The van der Waals surface area contributed by atoms with Gasteiger partial charge in [0.2, 0.25) is 20.0 Å². The first-order valence-corrected chi connectivity index (χ1v) is 12.0. The summed E-state index contributed by atoms with van der Waals surface area (Å²) in [6.45, 7) is 0.830. The summed E-state index contributed by atoms with van der Waals surface area (Å²) in [4.78, 5) is 0.125. The highest BCUT2D eigenvalue weighted by Gasteiger charge is 2.46. The molecule has 144 valence electrons. The Balaban J connectivity index is 1.51. The number of hydrogen-bond donors (Lipinski definition) is 1. The molecule has 2 saturated heterocycles. The van der Waals surface area contributed by atoms with E-state index < -0.39 is 20.0 Å². The van der Waals surface area contributed by atoms with Gasteiger partial charge < -0.3 is 9.47 Å². The second-order valence-electron chi connectivity index (χ2n) is 7.07. The van der Waals surface area contributed by atoms with E-state index in [1.54, 1.807) is 10.4 Å². The standard InChI is InChI=1S/C16H22N2O6S2/c1-25(19,20)18-12-2-3-13(18)9-11(8-12)17-26(21,22)14-4-5-15-16(10-14)24-7-6-23-15/h4-5,10-13,17H,2-3,6-9H2,1H3. The lowest BCUT2D eigenvalue weighted by Crippen LogP contribution is -2.51. The van der Waals surface area contributed by atoms with Crippen LogP contribution in [0.2, 0.25) is 0 Å². The second-order valence-corrected chi connectivity index (χ2v) is 10.7. The summed E-state index contributed by atoms with van der Waals surface area (Å²) in [5.41, 5.74) is 0. The first kappa shape index (κ1) is 18.0. The highest BCUT2D eigenvalue weighted by atomic mass is 32.2. The van der Waals surface area contributed by atoms with Crippen molar-refractivity contribution in [2.75, 3.05) is 19.5 Å². The molecule has 0 spiro atoms. The van der Waals surface area contributed by atoms with Gasteiger partial charge in [0, 0.05) is 24.2 Å². The minimum absolute atomic E-state index is 0.125. The number of hydrogen-bond acceptors (Lipinski definition) is 6. The molecule has 2 atom stereocenters. The Morgan fingerprint density at radius 2 is 1.62 bits per heavy atom. The van der Waals surface area contributed by atoms with Crippen molar-refractivity contribution in [2.45, 2.75) is 48.7 Å². The Kier molecular flexibility index (Phi) is 4.41. The van der Waals surface area contributed by atoms with Gasteiger partial charge in [0.1, 0.15) is 13.2 Å². The van der Waals surface area contributed by atoms with Crippen molar-refractivity contribution < 1.29 is 26.3 Å². The number of ether oxygens (including phenoxy) is 2. The molecular weight excluding hydrogens is 380 g/mol. The van der Waals surface area contributed by atoms with Crippen molar-refractivity contribution in [2.24, 2.45) is 0 Å². The first-order valence-electron chi connectivity index (χ1n) is 8.64. The summed E-state index contributed by atoms with van der Waals surface area (Å²) in [6.07, 6.45) is 3.76. The fourth-order valence-corrected chi connectivity index (χ4v) is 6.99. The topological polar surface area (TPSA) is 102 Å². The van der Waals surface area contributed by atoms with Crippen LogP contribution in [0.5, 0.6) is 11.5 Å². The van der Waals surface area contributed by atoms with Gasteiger partial charge in [0.25, 0.3) is 0 Å². The van der Waals surface area contributed by atoms with Gasteiger partial charge in [0.15, 0.2) is 11.5 Å². The van der Waals surface area contributed by atoms with Crippen LogP contribution >= 0.6 is 0 Å². The van der Waals surface area contributed by atoms with Crippen LogP contribution < -0.4 is 14.2 Å². The van der Waals surface area contributed by atoms with Crippen LogP contribution in [-0.4, -0.2) is 58.7 Å². The van der Waals surface area contributed by atoms with E-state index in [0.717, 1.165) is 12.8 Å². The molecule has 10 heteroatoms. The number of sulfonamides is 2.